The van der Waals surface area contributed by atoms with E-state index >= 15 is 0 Å². The monoisotopic (exact) mass is 270 g/mol. The van der Waals surface area contributed by atoms with Crippen LogP contribution >= 0.6 is 11.8 Å². The average molecular weight is 270 g/mol. The number of hydrogen-bond donors (Lipinski definition) is 1. The van der Waals surface area contributed by atoms with E-state index < -0.39 is 0 Å². The van der Waals surface area contributed by atoms with Crippen LogP contribution in [0.1, 0.15) is 43.1 Å². The number of aryl methyl sites for hydroxylation is 1. The number of hydrogen-bond acceptors (Lipinski definition) is 4. The molecular formula is C12H22N4OS. The number of carbonyl (C=O) groups is 1. The van der Waals surface area contributed by atoms with Crippen LogP contribution in [-0.2, 0) is 6.42 Å². The van der Waals surface area contributed by atoms with Crippen molar-refractivity contribution in [2.45, 2.75) is 39.2 Å². The van der Waals surface area contributed by atoms with Gasteiger partial charge in [0.05, 0.1) is 0 Å². The molecule has 1 aromatic heterocycles. The summed E-state index contributed by atoms with van der Waals surface area (Å²) in [5.41, 5.74) is 0. The predicted molar refractivity (Wildman–Crippen MR) is 74.9 cm³/mol. The number of rotatable bonds is 7. The van der Waals surface area contributed by atoms with Crippen LogP contribution in [0, 0.1) is 0 Å². The molecule has 5 nitrogen and oxygen atoms in total. The van der Waals surface area contributed by atoms with Crippen molar-refractivity contribution in [1.82, 2.24) is 20.1 Å². The van der Waals surface area contributed by atoms with Crippen molar-refractivity contribution in [3.8, 4) is 0 Å². The van der Waals surface area contributed by atoms with Crippen molar-refractivity contribution < 1.29 is 4.79 Å². The summed E-state index contributed by atoms with van der Waals surface area (Å²) in [4.78, 5) is 18.1. The van der Waals surface area contributed by atoms with Crippen LogP contribution in [0.4, 0.5) is 0 Å². The van der Waals surface area contributed by atoms with E-state index in [2.05, 4.69) is 28.4 Å². The van der Waals surface area contributed by atoms with Crippen LogP contribution in [0.25, 0.3) is 0 Å². The third-order valence-corrected chi connectivity index (χ3v) is 3.58. The fraction of sp³-hybridized carbons (Fsp3) is 0.750. The molecule has 0 radical (unpaired) electrons. The molecule has 1 unspecified atom stereocenters. The summed E-state index contributed by atoms with van der Waals surface area (Å²) in [5, 5.41) is 6.80. The molecule has 1 atom stereocenters. The maximum absolute atomic E-state index is 12.1. The first-order valence-electron chi connectivity index (χ1n) is 6.27. The molecule has 6 heteroatoms. The Hall–Kier alpha value is -1.04. The molecule has 1 heterocycles. The highest BCUT2D eigenvalue weighted by Crippen LogP contribution is 2.09. The van der Waals surface area contributed by atoms with Gasteiger partial charge in [0.15, 0.2) is 0 Å². The molecule has 1 rings (SSSR count). The van der Waals surface area contributed by atoms with Crippen LogP contribution in [-0.4, -0.2) is 51.1 Å². The van der Waals surface area contributed by atoms with Crippen LogP contribution in [0.3, 0.4) is 0 Å². The summed E-state index contributed by atoms with van der Waals surface area (Å²) in [7, 11) is 1.81. The molecule has 102 valence electrons. The lowest BCUT2D eigenvalue weighted by Crippen LogP contribution is -2.36. The van der Waals surface area contributed by atoms with Crippen molar-refractivity contribution >= 4 is 17.7 Å². The number of aromatic nitrogens is 3. The molecule has 1 amide bonds. The van der Waals surface area contributed by atoms with Gasteiger partial charge in [0.1, 0.15) is 5.82 Å². The Morgan fingerprint density at radius 1 is 1.56 bits per heavy atom. The third kappa shape index (κ3) is 4.01. The zero-order valence-electron chi connectivity index (χ0n) is 11.6. The van der Waals surface area contributed by atoms with Gasteiger partial charge < -0.3 is 4.90 Å². The summed E-state index contributed by atoms with van der Waals surface area (Å²) >= 11 is 1.79. The van der Waals surface area contributed by atoms with Gasteiger partial charge in [-0.25, -0.2) is 4.98 Å². The number of amides is 1. The molecule has 0 aliphatic heterocycles. The van der Waals surface area contributed by atoms with Crippen molar-refractivity contribution in [3.63, 3.8) is 0 Å². The second-order valence-corrected chi connectivity index (χ2v) is 5.39. The zero-order valence-corrected chi connectivity index (χ0v) is 12.4. The smallest absolute Gasteiger partial charge is 0.293 e. The first kappa shape index (κ1) is 15.0. The van der Waals surface area contributed by atoms with Crippen molar-refractivity contribution in [2.75, 3.05) is 19.1 Å². The maximum Gasteiger partial charge on any atom is 0.293 e. The van der Waals surface area contributed by atoms with E-state index in [1.165, 1.54) is 0 Å². The average Bonchev–Trinajstić information content (AvgIpc) is 2.83. The Kier molecular flexibility index (Phi) is 6.18. The van der Waals surface area contributed by atoms with E-state index in [4.69, 9.17) is 0 Å². The van der Waals surface area contributed by atoms with Gasteiger partial charge >= 0.3 is 0 Å². The summed E-state index contributed by atoms with van der Waals surface area (Å²) in [6, 6.07) is 0.207. The van der Waals surface area contributed by atoms with E-state index in [9.17, 15) is 4.79 Å². The first-order valence-corrected chi connectivity index (χ1v) is 7.66. The lowest BCUT2D eigenvalue weighted by Gasteiger charge is -2.23. The number of thioether (sulfide) groups is 1. The van der Waals surface area contributed by atoms with Gasteiger partial charge in [-0.15, -0.1) is 5.10 Å². The molecule has 0 bridgehead atoms. The molecule has 18 heavy (non-hydrogen) atoms. The van der Waals surface area contributed by atoms with Crippen molar-refractivity contribution in [3.05, 3.63) is 11.6 Å². The van der Waals surface area contributed by atoms with Crippen LogP contribution < -0.4 is 0 Å². The summed E-state index contributed by atoms with van der Waals surface area (Å²) < 4.78 is 0. The first-order chi connectivity index (χ1) is 8.60. The molecule has 1 aromatic rings. The van der Waals surface area contributed by atoms with Gasteiger partial charge in [0, 0.05) is 19.5 Å². The number of aromatic amines is 1. The van der Waals surface area contributed by atoms with Gasteiger partial charge in [-0.05, 0) is 31.8 Å². The third-order valence-electron chi connectivity index (χ3n) is 2.93. The minimum atomic E-state index is -0.109. The highest BCUT2D eigenvalue weighted by Gasteiger charge is 2.20. The minimum absolute atomic E-state index is 0.109. The van der Waals surface area contributed by atoms with E-state index in [1.54, 1.807) is 16.7 Å². The highest BCUT2D eigenvalue weighted by molar-refractivity contribution is 7.98. The molecule has 1 N–H and O–H groups in total. The molecule has 0 spiro atoms. The quantitative estimate of drug-likeness (QED) is 0.823. The minimum Gasteiger partial charge on any atom is -0.336 e. The van der Waals surface area contributed by atoms with Gasteiger partial charge in [-0.3, -0.25) is 9.89 Å². The fourth-order valence-electron chi connectivity index (χ4n) is 1.58. The molecule has 0 aliphatic carbocycles. The Balaban J connectivity index is 2.61. The lowest BCUT2D eigenvalue weighted by molar-refractivity contribution is 0.0729. The Morgan fingerprint density at radius 2 is 2.28 bits per heavy atom. The largest absolute Gasteiger partial charge is 0.336 e. The van der Waals surface area contributed by atoms with Crippen LogP contribution in [0.15, 0.2) is 0 Å². The fourth-order valence-corrected chi connectivity index (χ4v) is 2.16. The van der Waals surface area contributed by atoms with E-state index in [0.29, 0.717) is 0 Å². The van der Waals surface area contributed by atoms with Gasteiger partial charge in [0.25, 0.3) is 5.91 Å². The lowest BCUT2D eigenvalue weighted by atomic mass is 10.2. The maximum atomic E-state index is 12.1. The summed E-state index contributed by atoms with van der Waals surface area (Å²) in [5.74, 6) is 2.00. The molecule has 0 fully saturated rings. The Labute approximate surface area is 113 Å². The second-order valence-electron chi connectivity index (χ2n) is 4.40. The van der Waals surface area contributed by atoms with E-state index in [1.807, 2.05) is 14.0 Å². The molecule has 0 aromatic carbocycles. The molecule has 0 saturated heterocycles. The Morgan fingerprint density at radius 3 is 2.89 bits per heavy atom. The number of carbonyl (C=O) groups excluding carboxylic acids is 1. The van der Waals surface area contributed by atoms with Crippen LogP contribution in [0.5, 0.6) is 0 Å². The predicted octanol–water partition coefficient (Wildman–Crippen LogP) is 1.97. The Bertz CT molecular complexity index is 380. The molecular weight excluding hydrogens is 248 g/mol. The SMILES string of the molecule is CCCc1nc(C(=O)N(C)C(C)CCSC)n[nH]1. The normalized spacial score (nSPS) is 12.4. The number of H-pyrrole nitrogens is 1. The summed E-state index contributed by atoms with van der Waals surface area (Å²) in [6.07, 6.45) is 4.87. The highest BCUT2D eigenvalue weighted by atomic mass is 32.2. The standard InChI is InChI=1S/C12H22N4OS/c1-5-6-10-13-11(15-14-10)12(17)16(3)9(2)7-8-18-4/h9H,5-8H2,1-4H3,(H,13,14,15). The van der Waals surface area contributed by atoms with Crippen molar-refractivity contribution in [2.24, 2.45) is 0 Å². The van der Waals surface area contributed by atoms with Crippen LogP contribution in [0.2, 0.25) is 0 Å². The molecule has 0 aliphatic rings. The van der Waals surface area contributed by atoms with Crippen molar-refractivity contribution in [1.29, 1.82) is 0 Å². The number of nitrogens with one attached hydrogen (secondary N) is 1. The van der Waals surface area contributed by atoms with Gasteiger partial charge in [-0.1, -0.05) is 6.92 Å². The zero-order chi connectivity index (χ0) is 13.5. The second kappa shape index (κ2) is 7.41. The van der Waals surface area contributed by atoms with Gasteiger partial charge in [-0.2, -0.15) is 11.8 Å². The van der Waals surface area contributed by atoms with E-state index in [0.717, 1.165) is 30.8 Å². The molecule has 0 saturated carbocycles. The number of nitrogens with zero attached hydrogens (tertiary/aromatic N) is 3. The summed E-state index contributed by atoms with van der Waals surface area (Å²) in [6.45, 7) is 4.12. The van der Waals surface area contributed by atoms with Gasteiger partial charge in [0.2, 0.25) is 5.82 Å². The van der Waals surface area contributed by atoms with E-state index in [-0.39, 0.29) is 17.8 Å². The topological polar surface area (TPSA) is 61.9 Å².